The van der Waals surface area contributed by atoms with Crippen LogP contribution in [0.2, 0.25) is 0 Å². The first-order valence-electron chi connectivity index (χ1n) is 4.79. The lowest BCUT2D eigenvalue weighted by Gasteiger charge is -2.30. The van der Waals surface area contributed by atoms with Crippen molar-refractivity contribution in [2.45, 2.75) is 32.5 Å². The van der Waals surface area contributed by atoms with Gasteiger partial charge in [0.25, 0.3) is 0 Å². The Balaban J connectivity index is 2.84. The maximum absolute atomic E-state index is 10.1. The molecule has 0 bridgehead atoms. The third-order valence-electron chi connectivity index (χ3n) is 2.31. The molecule has 0 saturated heterocycles. The third kappa shape index (κ3) is 2.13. The second kappa shape index (κ2) is 4.11. The molecule has 0 aromatic carbocycles. The Hall–Kier alpha value is -0.870. The molecule has 0 aliphatic rings. The first-order chi connectivity index (χ1) is 6.49. The van der Waals surface area contributed by atoms with Gasteiger partial charge in [-0.05, 0) is 26.8 Å². The smallest absolute Gasteiger partial charge is 0.124 e. The van der Waals surface area contributed by atoms with Crippen LogP contribution >= 0.6 is 0 Å². The largest absolute Gasteiger partial charge is 0.384 e. The van der Waals surface area contributed by atoms with Gasteiger partial charge in [-0.15, -0.1) is 0 Å². The lowest BCUT2D eigenvalue weighted by Crippen LogP contribution is -2.33. The van der Waals surface area contributed by atoms with E-state index in [0.717, 1.165) is 5.69 Å². The quantitative estimate of drug-likeness (QED) is 0.792. The average Bonchev–Trinajstić information content (AvgIpc) is 2.50. The van der Waals surface area contributed by atoms with Crippen molar-refractivity contribution >= 4 is 0 Å². The first kappa shape index (κ1) is 11.2. The molecule has 1 rings (SSSR count). The number of aryl methyl sites for hydroxylation is 1. The second-order valence-electron chi connectivity index (χ2n) is 3.82. The van der Waals surface area contributed by atoms with Gasteiger partial charge in [-0.25, -0.2) is 0 Å². The third-order valence-corrected chi connectivity index (χ3v) is 2.31. The predicted molar refractivity (Wildman–Crippen MR) is 53.9 cm³/mol. The summed E-state index contributed by atoms with van der Waals surface area (Å²) in [5.74, 6) is 0. The minimum atomic E-state index is -0.657. The number of hydrogen-bond acceptors (Lipinski definition) is 3. The predicted octanol–water partition coefficient (Wildman–Crippen LogP) is 1.27. The van der Waals surface area contributed by atoms with Crippen molar-refractivity contribution in [2.24, 2.45) is 7.05 Å². The van der Waals surface area contributed by atoms with Gasteiger partial charge in [0.15, 0.2) is 0 Å². The zero-order chi connectivity index (χ0) is 10.8. The van der Waals surface area contributed by atoms with Crippen LogP contribution in [0.4, 0.5) is 0 Å². The van der Waals surface area contributed by atoms with E-state index in [9.17, 15) is 5.11 Å². The van der Waals surface area contributed by atoms with Crippen LogP contribution in [0.25, 0.3) is 0 Å². The maximum Gasteiger partial charge on any atom is 0.124 e. The molecule has 1 N–H and O–H groups in total. The van der Waals surface area contributed by atoms with Crippen LogP contribution in [0, 0.1) is 0 Å². The molecule has 4 heteroatoms. The van der Waals surface area contributed by atoms with Crippen molar-refractivity contribution in [3.05, 3.63) is 18.0 Å². The molecule has 1 unspecified atom stereocenters. The molecule has 1 aromatic heterocycles. The molecule has 0 aliphatic heterocycles. The zero-order valence-electron chi connectivity index (χ0n) is 9.19. The molecule has 1 heterocycles. The molecule has 0 spiro atoms. The van der Waals surface area contributed by atoms with Crippen molar-refractivity contribution in [1.29, 1.82) is 0 Å². The summed E-state index contributed by atoms with van der Waals surface area (Å²) in [5, 5.41) is 14.1. The summed E-state index contributed by atoms with van der Waals surface area (Å²) in [6.07, 6.45) is 1.01. The van der Waals surface area contributed by atoms with Gasteiger partial charge in [0, 0.05) is 19.9 Å². The summed E-state index contributed by atoms with van der Waals surface area (Å²) in [7, 11) is 1.81. The monoisotopic (exact) mass is 198 g/mol. The Morgan fingerprint density at radius 3 is 2.71 bits per heavy atom. The Bertz CT molecular complexity index is 294. The number of hydrogen-bond donors (Lipinski definition) is 1. The molecular weight excluding hydrogens is 180 g/mol. The summed E-state index contributed by atoms with van der Waals surface area (Å²) in [6.45, 7) is 6.24. The average molecular weight is 198 g/mol. The zero-order valence-corrected chi connectivity index (χ0v) is 9.19. The van der Waals surface area contributed by atoms with Gasteiger partial charge in [0.1, 0.15) is 6.10 Å². The molecule has 0 saturated carbocycles. The molecule has 14 heavy (non-hydrogen) atoms. The number of nitrogens with zero attached hydrogens (tertiary/aromatic N) is 2. The maximum atomic E-state index is 10.1. The normalized spacial score (nSPS) is 14.4. The molecule has 0 fully saturated rings. The van der Waals surface area contributed by atoms with Crippen LogP contribution in [0.1, 0.15) is 32.6 Å². The topological polar surface area (TPSA) is 47.3 Å². The minimum absolute atomic E-state index is 0.581. The van der Waals surface area contributed by atoms with Crippen LogP contribution in [0.3, 0.4) is 0 Å². The molecule has 1 aromatic rings. The lowest BCUT2D eigenvalue weighted by atomic mass is 9.98. The van der Waals surface area contributed by atoms with Gasteiger partial charge in [0.2, 0.25) is 0 Å². The van der Waals surface area contributed by atoms with Crippen LogP contribution in [0.15, 0.2) is 12.3 Å². The van der Waals surface area contributed by atoms with Gasteiger partial charge in [-0.3, -0.25) is 4.68 Å². The molecule has 0 radical (unpaired) electrons. The molecule has 1 atom stereocenters. The van der Waals surface area contributed by atoms with E-state index in [4.69, 9.17) is 4.74 Å². The summed E-state index contributed by atoms with van der Waals surface area (Å²) in [6, 6.07) is 1.80. The Morgan fingerprint density at radius 1 is 1.64 bits per heavy atom. The van der Waals surface area contributed by atoms with Crippen molar-refractivity contribution in [3.63, 3.8) is 0 Å². The fourth-order valence-electron chi connectivity index (χ4n) is 1.46. The van der Waals surface area contributed by atoms with Gasteiger partial charge in [-0.1, -0.05) is 0 Å². The van der Waals surface area contributed by atoms with Crippen molar-refractivity contribution in [3.8, 4) is 0 Å². The molecular formula is C10H18N2O2. The van der Waals surface area contributed by atoms with E-state index in [0.29, 0.717) is 6.61 Å². The second-order valence-corrected chi connectivity index (χ2v) is 3.82. The van der Waals surface area contributed by atoms with Gasteiger partial charge < -0.3 is 9.84 Å². The highest BCUT2D eigenvalue weighted by molar-refractivity contribution is 5.08. The SMILES string of the molecule is CCOC(C)(C)C(O)c1ccnn1C. The highest BCUT2D eigenvalue weighted by Crippen LogP contribution is 2.27. The van der Waals surface area contributed by atoms with E-state index in [1.807, 2.05) is 20.8 Å². The molecule has 0 aliphatic carbocycles. The van der Waals surface area contributed by atoms with Gasteiger partial charge >= 0.3 is 0 Å². The van der Waals surface area contributed by atoms with E-state index in [-0.39, 0.29) is 0 Å². The summed E-state index contributed by atoms with van der Waals surface area (Å²) in [4.78, 5) is 0. The van der Waals surface area contributed by atoms with Gasteiger partial charge in [0.05, 0.1) is 11.3 Å². The molecule has 4 nitrogen and oxygen atoms in total. The van der Waals surface area contributed by atoms with E-state index in [1.54, 1.807) is 24.0 Å². The molecule has 0 amide bonds. The number of rotatable bonds is 4. The summed E-state index contributed by atoms with van der Waals surface area (Å²) >= 11 is 0. The standard InChI is InChI=1S/C10H18N2O2/c1-5-14-10(2,3)9(13)8-6-7-11-12(8)4/h6-7,9,13H,5H2,1-4H3. The van der Waals surface area contributed by atoms with E-state index in [2.05, 4.69) is 5.10 Å². The van der Waals surface area contributed by atoms with Gasteiger partial charge in [-0.2, -0.15) is 5.10 Å². The van der Waals surface area contributed by atoms with Crippen LogP contribution in [-0.4, -0.2) is 27.1 Å². The number of aliphatic hydroxyl groups is 1. The lowest BCUT2D eigenvalue weighted by molar-refractivity contribution is -0.101. The Morgan fingerprint density at radius 2 is 2.29 bits per heavy atom. The summed E-state index contributed by atoms with van der Waals surface area (Å²) < 4.78 is 7.14. The fraction of sp³-hybridized carbons (Fsp3) is 0.700. The molecule has 80 valence electrons. The minimum Gasteiger partial charge on any atom is -0.384 e. The fourth-order valence-corrected chi connectivity index (χ4v) is 1.46. The van der Waals surface area contributed by atoms with Crippen molar-refractivity contribution in [1.82, 2.24) is 9.78 Å². The number of aliphatic hydroxyl groups excluding tert-OH is 1. The van der Waals surface area contributed by atoms with Crippen molar-refractivity contribution in [2.75, 3.05) is 6.61 Å². The van der Waals surface area contributed by atoms with Crippen molar-refractivity contribution < 1.29 is 9.84 Å². The summed E-state index contributed by atoms with van der Waals surface area (Å²) in [5.41, 5.74) is 0.186. The van der Waals surface area contributed by atoms with E-state index < -0.39 is 11.7 Å². The first-order valence-corrected chi connectivity index (χ1v) is 4.79. The van der Waals surface area contributed by atoms with Crippen LogP contribution in [0.5, 0.6) is 0 Å². The van der Waals surface area contributed by atoms with E-state index in [1.165, 1.54) is 0 Å². The number of aromatic nitrogens is 2. The van der Waals surface area contributed by atoms with Crippen LogP contribution in [-0.2, 0) is 11.8 Å². The highest BCUT2D eigenvalue weighted by Gasteiger charge is 2.31. The van der Waals surface area contributed by atoms with Crippen LogP contribution < -0.4 is 0 Å². The highest BCUT2D eigenvalue weighted by atomic mass is 16.5. The van der Waals surface area contributed by atoms with E-state index >= 15 is 0 Å². The Kier molecular flexibility index (Phi) is 3.29. The Labute approximate surface area is 84.5 Å². The number of ether oxygens (including phenoxy) is 1.